The SMILES string of the molecule is CC(=CCP(Cl)(C1CCCCC1)(C1CCCCC1)C1CCCCC1)CP(Cl)(C1CCCCC1)(C1CCCCC1)C1CCCCC1. The van der Waals surface area contributed by atoms with Crippen molar-refractivity contribution in [1.29, 1.82) is 0 Å². The van der Waals surface area contributed by atoms with Crippen molar-refractivity contribution in [1.82, 2.24) is 0 Å². The van der Waals surface area contributed by atoms with Crippen molar-refractivity contribution >= 4 is 34.4 Å². The van der Waals surface area contributed by atoms with Gasteiger partial charge in [0.2, 0.25) is 0 Å². The molecule has 0 aromatic heterocycles. The van der Waals surface area contributed by atoms with Crippen LogP contribution >= 0.6 is 34.4 Å². The molecule has 0 aliphatic heterocycles. The Balaban J connectivity index is 1.41. The Morgan fingerprint density at radius 1 is 0.400 bits per heavy atom. The normalized spacial score (nSPS) is 29.5. The van der Waals surface area contributed by atoms with Crippen LogP contribution in [0.15, 0.2) is 11.6 Å². The van der Waals surface area contributed by atoms with Gasteiger partial charge in [0, 0.05) is 0 Å². The summed E-state index contributed by atoms with van der Waals surface area (Å²) in [7, 11) is 0. The van der Waals surface area contributed by atoms with Crippen molar-refractivity contribution in [2.45, 2.75) is 234 Å². The average Bonchev–Trinajstić information content (AvgIpc) is 3.13. The van der Waals surface area contributed by atoms with Crippen molar-refractivity contribution < 1.29 is 0 Å². The molecule has 6 rings (SSSR count). The zero-order chi connectivity index (χ0) is 31.3. The molecule has 0 aromatic carbocycles. The quantitative estimate of drug-likeness (QED) is 0.157. The van der Waals surface area contributed by atoms with Crippen molar-refractivity contribution in [3.63, 3.8) is 0 Å². The molecule has 6 fully saturated rings. The van der Waals surface area contributed by atoms with Crippen LogP contribution in [0, 0.1) is 0 Å². The van der Waals surface area contributed by atoms with Gasteiger partial charge in [0.25, 0.3) is 0 Å². The maximum absolute atomic E-state index is 9.03. The monoisotopic (exact) mass is 698 g/mol. The topological polar surface area (TPSA) is 0 Å². The van der Waals surface area contributed by atoms with E-state index in [1.807, 2.05) is 0 Å². The third-order valence-electron chi connectivity index (χ3n) is 15.8. The van der Waals surface area contributed by atoms with Crippen LogP contribution in [0.3, 0.4) is 0 Å². The van der Waals surface area contributed by atoms with Crippen molar-refractivity contribution in [3.05, 3.63) is 11.6 Å². The van der Waals surface area contributed by atoms with E-state index < -0.39 is 11.9 Å². The first kappa shape index (κ1) is 36.0. The summed E-state index contributed by atoms with van der Waals surface area (Å²) < 4.78 is 0. The molecular formula is C41H74Cl2P2. The predicted octanol–water partition coefficient (Wildman–Crippen LogP) is 15.3. The Kier molecular flexibility index (Phi) is 12.5. The summed E-state index contributed by atoms with van der Waals surface area (Å²) in [4.78, 5) is 0. The number of allylic oxidation sites excluding steroid dienone is 2. The van der Waals surface area contributed by atoms with E-state index in [1.165, 1.54) is 205 Å². The van der Waals surface area contributed by atoms with E-state index in [9.17, 15) is 0 Å². The summed E-state index contributed by atoms with van der Waals surface area (Å²) in [5.41, 5.74) is 6.74. The van der Waals surface area contributed by atoms with Gasteiger partial charge in [-0.2, -0.15) is 0 Å². The molecule has 6 saturated carbocycles. The molecule has 0 atom stereocenters. The summed E-state index contributed by atoms with van der Waals surface area (Å²) in [6.45, 7) is 2.60. The second-order valence-electron chi connectivity index (χ2n) is 18.0. The predicted molar refractivity (Wildman–Crippen MR) is 210 cm³/mol. The third-order valence-corrected chi connectivity index (χ3v) is 36.5. The summed E-state index contributed by atoms with van der Waals surface area (Å²) in [6, 6.07) is 0. The Morgan fingerprint density at radius 3 is 0.867 bits per heavy atom. The van der Waals surface area contributed by atoms with E-state index in [2.05, 4.69) is 13.0 Å². The van der Waals surface area contributed by atoms with Gasteiger partial charge in [0.05, 0.1) is 0 Å². The van der Waals surface area contributed by atoms with Gasteiger partial charge in [-0.1, -0.05) is 0 Å². The van der Waals surface area contributed by atoms with Gasteiger partial charge in [-0.15, -0.1) is 0 Å². The van der Waals surface area contributed by atoms with Gasteiger partial charge in [0.15, 0.2) is 0 Å². The van der Waals surface area contributed by atoms with Crippen LogP contribution in [0.5, 0.6) is 0 Å². The fraction of sp³-hybridized carbons (Fsp3) is 0.951. The van der Waals surface area contributed by atoms with E-state index in [0.29, 0.717) is 0 Å². The van der Waals surface area contributed by atoms with Gasteiger partial charge in [-0.05, 0) is 0 Å². The van der Waals surface area contributed by atoms with Crippen molar-refractivity contribution in [2.75, 3.05) is 12.3 Å². The Hall–Kier alpha value is 1.18. The molecule has 0 unspecified atom stereocenters. The van der Waals surface area contributed by atoms with Gasteiger partial charge in [0.1, 0.15) is 0 Å². The molecule has 0 nitrogen and oxygen atoms in total. The zero-order valence-corrected chi connectivity index (χ0v) is 33.1. The van der Waals surface area contributed by atoms with Crippen LogP contribution in [0.4, 0.5) is 0 Å². The molecule has 0 saturated heterocycles. The number of hydrogen-bond donors (Lipinski definition) is 0. The second kappa shape index (κ2) is 15.6. The van der Waals surface area contributed by atoms with Gasteiger partial charge in [-0.25, -0.2) is 0 Å². The molecule has 0 heterocycles. The summed E-state index contributed by atoms with van der Waals surface area (Å²) in [5.74, 6) is -5.08. The Morgan fingerprint density at radius 2 is 0.622 bits per heavy atom. The minimum absolute atomic E-state index is 0.835. The van der Waals surface area contributed by atoms with Gasteiger partial charge in [-0.3, -0.25) is 0 Å². The molecule has 4 heteroatoms. The molecule has 45 heavy (non-hydrogen) atoms. The Labute approximate surface area is 290 Å². The zero-order valence-electron chi connectivity index (χ0n) is 29.8. The number of halogens is 2. The molecule has 6 aliphatic rings. The third kappa shape index (κ3) is 6.94. The fourth-order valence-electron chi connectivity index (χ4n) is 13.5. The van der Waals surface area contributed by atoms with E-state index in [-0.39, 0.29) is 0 Å². The first-order valence-electron chi connectivity index (χ1n) is 21.0. The van der Waals surface area contributed by atoms with E-state index in [1.54, 1.807) is 5.57 Å². The van der Waals surface area contributed by atoms with Crippen LogP contribution in [-0.4, -0.2) is 46.3 Å². The maximum atomic E-state index is 9.03. The summed E-state index contributed by atoms with van der Waals surface area (Å²) >= 11 is 18.0. The van der Waals surface area contributed by atoms with E-state index in [0.717, 1.165) is 34.0 Å². The molecule has 262 valence electrons. The molecule has 0 radical (unpaired) electrons. The number of rotatable bonds is 10. The van der Waals surface area contributed by atoms with Crippen LogP contribution in [0.1, 0.15) is 200 Å². The molecule has 0 N–H and O–H groups in total. The first-order chi connectivity index (χ1) is 21.9. The van der Waals surface area contributed by atoms with Gasteiger partial charge >= 0.3 is 292 Å². The van der Waals surface area contributed by atoms with Crippen LogP contribution < -0.4 is 0 Å². The first-order valence-corrected chi connectivity index (χ1v) is 28.0. The van der Waals surface area contributed by atoms with Crippen LogP contribution in [-0.2, 0) is 0 Å². The van der Waals surface area contributed by atoms with Crippen LogP contribution in [0.2, 0.25) is 0 Å². The van der Waals surface area contributed by atoms with Gasteiger partial charge < -0.3 is 0 Å². The van der Waals surface area contributed by atoms with E-state index >= 15 is 0 Å². The van der Waals surface area contributed by atoms with Crippen LogP contribution in [0.25, 0.3) is 0 Å². The molecule has 6 aliphatic carbocycles. The molecular weight excluding hydrogens is 625 g/mol. The second-order valence-corrected chi connectivity index (χ2v) is 33.6. The fourth-order valence-corrected chi connectivity index (χ4v) is 34.1. The Bertz CT molecular complexity index is 857. The molecule has 0 amide bonds. The van der Waals surface area contributed by atoms with Crippen molar-refractivity contribution in [2.24, 2.45) is 0 Å². The summed E-state index contributed by atoms with van der Waals surface area (Å²) in [6.07, 6.45) is 48.9. The molecule has 0 spiro atoms. The molecule has 0 aromatic rings. The summed E-state index contributed by atoms with van der Waals surface area (Å²) in [5, 5.41) is 0. The van der Waals surface area contributed by atoms with E-state index in [4.69, 9.17) is 22.5 Å². The number of hydrogen-bond acceptors (Lipinski definition) is 0. The standard InChI is InChI=1S/C41H74Cl2P2/c1-35(34-45(43,39-26-14-5-15-27-39,40-28-16-6-17-29-40)41-30-18-7-19-31-41)32-33-44(42,36-20-8-2-9-21-36,37-22-10-3-11-23-37)38-24-12-4-13-25-38/h32,36-41H,2-31,33-34H2,1H3. The average molecular weight is 700 g/mol. The molecule has 0 bridgehead atoms. The minimum atomic E-state index is -2.55. The van der Waals surface area contributed by atoms with Crippen molar-refractivity contribution in [3.8, 4) is 0 Å².